The molecule has 0 heterocycles. The van der Waals surface area contributed by atoms with Crippen molar-refractivity contribution < 1.29 is 8.42 Å². The van der Waals surface area contributed by atoms with Gasteiger partial charge in [-0.2, -0.15) is 0 Å². The molecule has 6 nitrogen and oxygen atoms in total. The first kappa shape index (κ1) is 27.7. The van der Waals surface area contributed by atoms with Gasteiger partial charge in [-0.3, -0.25) is 0 Å². The van der Waals surface area contributed by atoms with Gasteiger partial charge in [0.25, 0.3) is 0 Å². The molecule has 0 aromatic heterocycles. The number of nitrogens with zero attached hydrogens (tertiary/aromatic N) is 1. The van der Waals surface area contributed by atoms with E-state index < -0.39 is 10.0 Å². The number of sulfonamides is 1. The maximum atomic E-state index is 12.0. The van der Waals surface area contributed by atoms with Gasteiger partial charge in [0, 0.05) is 29.8 Å². The molecule has 0 aliphatic rings. The molecule has 0 aliphatic carbocycles. The van der Waals surface area contributed by atoms with Gasteiger partial charge in [0.15, 0.2) is 5.96 Å². The fourth-order valence-electron chi connectivity index (χ4n) is 2.73. The number of rotatable bonds is 11. The highest BCUT2D eigenvalue weighted by Gasteiger charge is 2.12. The van der Waals surface area contributed by atoms with Crippen LogP contribution in [0.1, 0.15) is 31.9 Å². The summed E-state index contributed by atoms with van der Waals surface area (Å²) < 4.78 is 26.7. The third-order valence-electron chi connectivity index (χ3n) is 3.97. The molecule has 3 N–H and O–H groups in total. The van der Waals surface area contributed by atoms with Crippen LogP contribution in [0.5, 0.6) is 0 Å². The monoisotopic (exact) mass is 576 g/mol. The second-order valence-corrected chi connectivity index (χ2v) is 10.1. The van der Waals surface area contributed by atoms with Crippen molar-refractivity contribution in [2.45, 2.75) is 44.0 Å². The van der Waals surface area contributed by atoms with Crippen molar-refractivity contribution in [3.8, 4) is 0 Å². The smallest absolute Gasteiger partial charge is 0.216 e. The third-order valence-corrected chi connectivity index (χ3v) is 6.52. The standard InChI is InChI=1S/C22H32N4O2S2.HI/c1-4-23-22(24-14-15-29-21-8-6-5-7-9-21)25-16-19-10-12-20(13-11-19)17-30(27,28)26-18(2)3;/h5-13,18,26H,4,14-17H2,1-3H3,(H2,23,24,25);1H. The van der Waals surface area contributed by atoms with E-state index in [2.05, 4.69) is 32.5 Å². The first-order valence-corrected chi connectivity index (χ1v) is 12.8. The second-order valence-electron chi connectivity index (χ2n) is 7.13. The fourth-order valence-corrected chi connectivity index (χ4v) is 4.95. The number of hydrogen-bond acceptors (Lipinski definition) is 4. The minimum Gasteiger partial charge on any atom is -0.357 e. The molecular weight excluding hydrogens is 543 g/mol. The van der Waals surface area contributed by atoms with E-state index in [0.29, 0.717) is 6.54 Å². The van der Waals surface area contributed by atoms with Crippen LogP contribution < -0.4 is 15.4 Å². The van der Waals surface area contributed by atoms with Gasteiger partial charge in [0.05, 0.1) is 12.3 Å². The molecule has 0 radical (unpaired) electrons. The Morgan fingerprint density at radius 2 is 1.65 bits per heavy atom. The molecule has 2 rings (SSSR count). The van der Waals surface area contributed by atoms with Crippen molar-refractivity contribution in [1.29, 1.82) is 0 Å². The predicted octanol–water partition coefficient (Wildman–Crippen LogP) is 3.98. The summed E-state index contributed by atoms with van der Waals surface area (Å²) in [7, 11) is -3.31. The van der Waals surface area contributed by atoms with Crippen molar-refractivity contribution in [2.24, 2.45) is 4.99 Å². The lowest BCUT2D eigenvalue weighted by atomic mass is 10.1. The molecule has 0 aliphatic heterocycles. The Labute approximate surface area is 208 Å². The molecule has 0 saturated heterocycles. The number of benzene rings is 2. The lowest BCUT2D eigenvalue weighted by Gasteiger charge is -2.11. The van der Waals surface area contributed by atoms with Gasteiger partial charge < -0.3 is 10.6 Å². The van der Waals surface area contributed by atoms with Gasteiger partial charge in [0.2, 0.25) is 10.0 Å². The van der Waals surface area contributed by atoms with Crippen LogP contribution in [-0.4, -0.2) is 39.3 Å². The van der Waals surface area contributed by atoms with Crippen LogP contribution in [0.25, 0.3) is 0 Å². The zero-order valence-corrected chi connectivity index (χ0v) is 22.3. The number of guanidine groups is 1. The minimum absolute atomic E-state index is 0. The molecule has 0 unspecified atom stereocenters. The van der Waals surface area contributed by atoms with Crippen LogP contribution in [-0.2, 0) is 22.3 Å². The van der Waals surface area contributed by atoms with Crippen molar-refractivity contribution in [3.63, 3.8) is 0 Å². The number of halogens is 1. The van der Waals surface area contributed by atoms with Crippen LogP contribution in [0.3, 0.4) is 0 Å². The number of aliphatic imine (C=N–C) groups is 1. The summed E-state index contributed by atoms with van der Waals surface area (Å²) in [5.41, 5.74) is 1.79. The maximum Gasteiger partial charge on any atom is 0.216 e. The van der Waals surface area contributed by atoms with Gasteiger partial charge in [-0.25, -0.2) is 18.1 Å². The van der Waals surface area contributed by atoms with Crippen molar-refractivity contribution in [1.82, 2.24) is 15.4 Å². The first-order valence-electron chi connectivity index (χ1n) is 10.2. The van der Waals surface area contributed by atoms with E-state index in [4.69, 9.17) is 0 Å². The highest BCUT2D eigenvalue weighted by atomic mass is 127. The molecule has 2 aromatic rings. The summed E-state index contributed by atoms with van der Waals surface area (Å²) >= 11 is 1.80. The van der Waals surface area contributed by atoms with Crippen LogP contribution in [0, 0.1) is 0 Å². The van der Waals surface area contributed by atoms with E-state index in [1.807, 2.05) is 63.2 Å². The Hall–Kier alpha value is -1.30. The molecule has 9 heteroatoms. The summed E-state index contributed by atoms with van der Waals surface area (Å²) in [6, 6.07) is 17.8. The lowest BCUT2D eigenvalue weighted by molar-refractivity contribution is 0.569. The summed E-state index contributed by atoms with van der Waals surface area (Å²) in [5, 5.41) is 6.61. The van der Waals surface area contributed by atoms with Gasteiger partial charge in [-0.1, -0.05) is 42.5 Å². The zero-order chi connectivity index (χ0) is 21.8. The summed E-state index contributed by atoms with van der Waals surface area (Å²) in [6.45, 7) is 7.79. The Kier molecular flexibility index (Phi) is 13.2. The topological polar surface area (TPSA) is 82.6 Å². The molecule has 0 atom stereocenters. The van der Waals surface area contributed by atoms with E-state index >= 15 is 0 Å². The molecule has 0 amide bonds. The molecule has 0 spiro atoms. The summed E-state index contributed by atoms with van der Waals surface area (Å²) in [5.74, 6) is 1.71. The lowest BCUT2D eigenvalue weighted by Crippen LogP contribution is -2.38. The van der Waals surface area contributed by atoms with E-state index in [9.17, 15) is 8.42 Å². The molecule has 0 bridgehead atoms. The van der Waals surface area contributed by atoms with Gasteiger partial charge in [-0.15, -0.1) is 35.7 Å². The van der Waals surface area contributed by atoms with Crippen LogP contribution in [0.2, 0.25) is 0 Å². The highest BCUT2D eigenvalue weighted by molar-refractivity contribution is 14.0. The summed E-state index contributed by atoms with van der Waals surface area (Å²) in [4.78, 5) is 5.88. The number of thioether (sulfide) groups is 1. The van der Waals surface area contributed by atoms with Crippen LogP contribution in [0.4, 0.5) is 0 Å². The Morgan fingerprint density at radius 3 is 2.26 bits per heavy atom. The summed E-state index contributed by atoms with van der Waals surface area (Å²) in [6.07, 6.45) is 0. The number of nitrogens with one attached hydrogen (secondary N) is 3. The Bertz CT molecular complexity index is 889. The number of hydrogen-bond donors (Lipinski definition) is 3. The highest BCUT2D eigenvalue weighted by Crippen LogP contribution is 2.15. The van der Waals surface area contributed by atoms with Crippen LogP contribution in [0.15, 0.2) is 64.5 Å². The van der Waals surface area contributed by atoms with Crippen molar-refractivity contribution in [3.05, 3.63) is 65.7 Å². The fraction of sp³-hybridized carbons (Fsp3) is 0.409. The minimum atomic E-state index is -3.31. The van der Waals surface area contributed by atoms with Crippen LogP contribution >= 0.6 is 35.7 Å². The first-order chi connectivity index (χ1) is 14.4. The quantitative estimate of drug-likeness (QED) is 0.124. The Balaban J connectivity index is 0.00000480. The maximum absolute atomic E-state index is 12.0. The second kappa shape index (κ2) is 14.7. The van der Waals surface area contributed by atoms with E-state index in [0.717, 1.165) is 35.9 Å². The predicted molar refractivity (Wildman–Crippen MR) is 143 cm³/mol. The molecular formula is C22H33IN4O2S2. The SMILES string of the molecule is CCNC(=NCc1ccc(CS(=O)(=O)NC(C)C)cc1)NCCSc1ccccc1.I. The third kappa shape index (κ3) is 11.8. The average molecular weight is 577 g/mol. The van der Waals surface area contributed by atoms with Crippen molar-refractivity contribution in [2.75, 3.05) is 18.8 Å². The molecule has 31 heavy (non-hydrogen) atoms. The zero-order valence-electron chi connectivity index (χ0n) is 18.3. The molecule has 2 aromatic carbocycles. The van der Waals surface area contributed by atoms with E-state index in [-0.39, 0.29) is 35.8 Å². The van der Waals surface area contributed by atoms with Crippen molar-refractivity contribution >= 4 is 51.7 Å². The van der Waals surface area contributed by atoms with E-state index in [1.54, 1.807) is 11.8 Å². The molecule has 0 saturated carbocycles. The normalized spacial score (nSPS) is 11.8. The van der Waals surface area contributed by atoms with Gasteiger partial charge >= 0.3 is 0 Å². The average Bonchev–Trinajstić information content (AvgIpc) is 2.70. The Morgan fingerprint density at radius 1 is 1.00 bits per heavy atom. The molecule has 0 fully saturated rings. The van der Waals surface area contributed by atoms with E-state index in [1.165, 1.54) is 4.90 Å². The van der Waals surface area contributed by atoms with Gasteiger partial charge in [0.1, 0.15) is 0 Å². The molecule has 172 valence electrons. The van der Waals surface area contributed by atoms with Gasteiger partial charge in [-0.05, 0) is 44.0 Å². The largest absolute Gasteiger partial charge is 0.357 e.